The maximum atomic E-state index is 3.44. The molecule has 0 aromatic heterocycles. The van der Waals surface area contributed by atoms with Crippen LogP contribution in [0.5, 0.6) is 0 Å². The highest BCUT2D eigenvalue weighted by Crippen LogP contribution is 2.22. The molecular formula is C17H21N. The van der Waals surface area contributed by atoms with E-state index >= 15 is 0 Å². The van der Waals surface area contributed by atoms with Crippen molar-refractivity contribution in [1.82, 2.24) is 5.32 Å². The first kappa shape index (κ1) is 11.7. The second-order valence-electron chi connectivity index (χ2n) is 5.58. The minimum atomic E-state index is 0.870. The van der Waals surface area contributed by atoms with Crippen LogP contribution < -0.4 is 5.32 Å². The van der Waals surface area contributed by atoms with E-state index in [1.807, 2.05) is 0 Å². The molecule has 2 aromatic rings. The zero-order valence-corrected chi connectivity index (χ0v) is 11.1. The highest BCUT2D eigenvalue weighted by molar-refractivity contribution is 5.83. The summed E-state index contributed by atoms with van der Waals surface area (Å²) in [5.74, 6) is 0.870. The van der Waals surface area contributed by atoms with Gasteiger partial charge in [0.2, 0.25) is 0 Å². The minimum absolute atomic E-state index is 0.870. The molecule has 1 heteroatoms. The van der Waals surface area contributed by atoms with Crippen LogP contribution >= 0.6 is 0 Å². The van der Waals surface area contributed by atoms with Gasteiger partial charge in [0, 0.05) is 0 Å². The van der Waals surface area contributed by atoms with Crippen LogP contribution in [-0.4, -0.2) is 13.1 Å². The summed E-state index contributed by atoms with van der Waals surface area (Å²) in [7, 11) is 0. The summed E-state index contributed by atoms with van der Waals surface area (Å²) < 4.78 is 0. The normalized spacial score (nSPS) is 17.2. The minimum Gasteiger partial charge on any atom is -0.317 e. The van der Waals surface area contributed by atoms with Crippen LogP contribution in [0.2, 0.25) is 0 Å². The fraction of sp³-hybridized carbons (Fsp3) is 0.412. The molecule has 94 valence electrons. The number of hydrogen-bond donors (Lipinski definition) is 1. The summed E-state index contributed by atoms with van der Waals surface area (Å²) >= 11 is 0. The Balaban J connectivity index is 1.82. The van der Waals surface area contributed by atoms with Crippen molar-refractivity contribution in [2.75, 3.05) is 13.1 Å². The van der Waals surface area contributed by atoms with Crippen LogP contribution in [0.25, 0.3) is 10.8 Å². The van der Waals surface area contributed by atoms with Gasteiger partial charge in [0.1, 0.15) is 0 Å². The summed E-state index contributed by atoms with van der Waals surface area (Å²) in [4.78, 5) is 0. The molecule has 1 nitrogen and oxygen atoms in total. The van der Waals surface area contributed by atoms with Crippen LogP contribution in [0.3, 0.4) is 0 Å². The third-order valence-corrected chi connectivity index (χ3v) is 4.04. The molecule has 1 saturated heterocycles. The lowest BCUT2D eigenvalue weighted by Crippen LogP contribution is -2.28. The zero-order chi connectivity index (χ0) is 12.4. The van der Waals surface area contributed by atoms with E-state index < -0.39 is 0 Å². The highest BCUT2D eigenvalue weighted by Gasteiger charge is 2.13. The van der Waals surface area contributed by atoms with Gasteiger partial charge in [0.25, 0.3) is 0 Å². The fourth-order valence-corrected chi connectivity index (χ4v) is 2.96. The predicted octanol–water partition coefficient (Wildman–Crippen LogP) is 3.69. The van der Waals surface area contributed by atoms with Crippen molar-refractivity contribution >= 4 is 10.8 Å². The smallest absolute Gasteiger partial charge is 0.00462 e. The van der Waals surface area contributed by atoms with E-state index in [2.05, 4.69) is 48.6 Å². The largest absolute Gasteiger partial charge is 0.317 e. The third kappa shape index (κ3) is 2.56. The molecular weight excluding hydrogens is 218 g/mol. The maximum Gasteiger partial charge on any atom is -0.00462 e. The molecule has 2 aromatic carbocycles. The van der Waals surface area contributed by atoms with E-state index in [0.29, 0.717) is 0 Å². The van der Waals surface area contributed by atoms with Crippen LogP contribution in [0.1, 0.15) is 24.0 Å². The zero-order valence-electron chi connectivity index (χ0n) is 11.1. The van der Waals surface area contributed by atoms with Gasteiger partial charge in [0.05, 0.1) is 0 Å². The average Bonchev–Trinajstić information content (AvgIpc) is 2.40. The third-order valence-electron chi connectivity index (χ3n) is 4.04. The van der Waals surface area contributed by atoms with E-state index in [1.54, 1.807) is 0 Å². The molecule has 1 aliphatic rings. The van der Waals surface area contributed by atoms with Crippen LogP contribution in [0.15, 0.2) is 36.4 Å². The van der Waals surface area contributed by atoms with E-state index in [-0.39, 0.29) is 0 Å². The van der Waals surface area contributed by atoms with E-state index in [4.69, 9.17) is 0 Å². The molecule has 0 bridgehead atoms. The quantitative estimate of drug-likeness (QED) is 0.842. The van der Waals surface area contributed by atoms with Gasteiger partial charge < -0.3 is 5.32 Å². The second kappa shape index (κ2) is 5.11. The number of piperidine rings is 1. The number of fused-ring (bicyclic) bond motifs is 1. The molecule has 18 heavy (non-hydrogen) atoms. The molecule has 0 amide bonds. The topological polar surface area (TPSA) is 12.0 Å². The first-order valence-electron chi connectivity index (χ1n) is 7.01. The van der Waals surface area contributed by atoms with Crippen molar-refractivity contribution < 1.29 is 0 Å². The molecule has 1 aliphatic heterocycles. The number of hydrogen-bond acceptors (Lipinski definition) is 1. The van der Waals surface area contributed by atoms with E-state index in [1.165, 1.54) is 54.3 Å². The van der Waals surface area contributed by atoms with Gasteiger partial charge in [-0.25, -0.2) is 0 Å². The SMILES string of the molecule is Cc1ccc2cc(CC3CCNCC3)ccc2c1. The molecule has 1 heterocycles. The standard InChI is InChI=1S/C17H21N/c1-13-2-4-17-12-15(3-5-16(17)10-13)11-14-6-8-18-9-7-14/h2-5,10,12,14,18H,6-9,11H2,1H3. The Labute approximate surface area is 109 Å². The summed E-state index contributed by atoms with van der Waals surface area (Å²) in [5, 5.41) is 6.18. The van der Waals surface area contributed by atoms with Gasteiger partial charge >= 0.3 is 0 Å². The molecule has 1 N–H and O–H groups in total. The van der Waals surface area contributed by atoms with Crippen LogP contribution in [-0.2, 0) is 6.42 Å². The maximum absolute atomic E-state index is 3.44. The second-order valence-corrected chi connectivity index (χ2v) is 5.58. The van der Waals surface area contributed by atoms with Gasteiger partial charge in [-0.05, 0) is 61.5 Å². The van der Waals surface area contributed by atoms with Gasteiger partial charge in [-0.3, -0.25) is 0 Å². The lowest BCUT2D eigenvalue weighted by molar-refractivity contribution is 0.373. The summed E-state index contributed by atoms with van der Waals surface area (Å²) in [6.45, 7) is 4.54. The summed E-state index contributed by atoms with van der Waals surface area (Å²) in [5.41, 5.74) is 2.84. The van der Waals surface area contributed by atoms with E-state index in [0.717, 1.165) is 5.92 Å². The molecule has 0 saturated carbocycles. The molecule has 0 aliphatic carbocycles. The van der Waals surface area contributed by atoms with Gasteiger partial charge in [-0.15, -0.1) is 0 Å². The lowest BCUT2D eigenvalue weighted by Gasteiger charge is -2.22. The van der Waals surface area contributed by atoms with Crippen molar-refractivity contribution in [1.29, 1.82) is 0 Å². The Kier molecular flexibility index (Phi) is 3.33. The first-order chi connectivity index (χ1) is 8.81. The Hall–Kier alpha value is -1.34. The van der Waals surface area contributed by atoms with Crippen molar-refractivity contribution in [3.05, 3.63) is 47.5 Å². The molecule has 1 fully saturated rings. The molecule has 0 spiro atoms. The van der Waals surface area contributed by atoms with Crippen LogP contribution in [0.4, 0.5) is 0 Å². The molecule has 0 atom stereocenters. The fourth-order valence-electron chi connectivity index (χ4n) is 2.96. The molecule has 3 rings (SSSR count). The Bertz CT molecular complexity index is 538. The average molecular weight is 239 g/mol. The van der Waals surface area contributed by atoms with Crippen molar-refractivity contribution in [3.63, 3.8) is 0 Å². The Morgan fingerprint density at radius 1 is 1.00 bits per heavy atom. The lowest BCUT2D eigenvalue weighted by atomic mass is 9.90. The molecule has 0 radical (unpaired) electrons. The highest BCUT2D eigenvalue weighted by atomic mass is 14.9. The summed E-state index contributed by atoms with van der Waals surface area (Å²) in [6, 6.07) is 13.7. The predicted molar refractivity (Wildman–Crippen MR) is 78.0 cm³/mol. The Morgan fingerprint density at radius 2 is 1.72 bits per heavy atom. The van der Waals surface area contributed by atoms with Crippen molar-refractivity contribution in [3.8, 4) is 0 Å². The van der Waals surface area contributed by atoms with Gasteiger partial charge in [-0.2, -0.15) is 0 Å². The Morgan fingerprint density at radius 3 is 2.56 bits per heavy atom. The van der Waals surface area contributed by atoms with Crippen molar-refractivity contribution in [2.24, 2.45) is 5.92 Å². The number of rotatable bonds is 2. The molecule has 0 unspecified atom stereocenters. The monoisotopic (exact) mass is 239 g/mol. The van der Waals surface area contributed by atoms with Crippen LogP contribution in [0, 0.1) is 12.8 Å². The summed E-state index contributed by atoms with van der Waals surface area (Å²) in [6.07, 6.45) is 3.89. The van der Waals surface area contributed by atoms with Gasteiger partial charge in [-0.1, -0.05) is 42.0 Å². The number of nitrogens with one attached hydrogen (secondary N) is 1. The first-order valence-corrected chi connectivity index (χ1v) is 7.01. The van der Waals surface area contributed by atoms with Gasteiger partial charge in [0.15, 0.2) is 0 Å². The van der Waals surface area contributed by atoms with E-state index in [9.17, 15) is 0 Å². The number of aryl methyl sites for hydroxylation is 1. The number of benzene rings is 2. The van der Waals surface area contributed by atoms with Crippen molar-refractivity contribution in [2.45, 2.75) is 26.2 Å².